The molecular weight excluding hydrogens is 579 g/mol. The number of ether oxygens (including phenoxy) is 1. The average Bonchev–Trinajstić information content (AvgIpc) is 3.18. The number of likely N-dealkylation sites (N-methyl/N-ethyl adjacent to an activating group) is 1. The van der Waals surface area contributed by atoms with E-state index in [9.17, 15) is 0 Å². The fraction of sp³-hybridized carbons (Fsp3) is 1.00. The summed E-state index contributed by atoms with van der Waals surface area (Å²) in [5, 5.41) is 0. The molecular formula is C22H56N3ORb3+6. The Kier molecular flexibility index (Phi) is 58.0. The van der Waals surface area contributed by atoms with Gasteiger partial charge in [0.2, 0.25) is 0 Å². The first kappa shape index (κ1) is 47.5. The Balaban J connectivity index is -0.0000000621. The molecule has 0 bridgehead atoms. The molecule has 0 aromatic rings. The van der Waals surface area contributed by atoms with Gasteiger partial charge in [0, 0.05) is 12.8 Å². The Morgan fingerprint density at radius 1 is 0.483 bits per heavy atom. The third kappa shape index (κ3) is 27.7. The van der Waals surface area contributed by atoms with E-state index < -0.39 is 0 Å². The van der Waals surface area contributed by atoms with Crippen LogP contribution < -0.4 is 189 Å². The minimum absolute atomic E-state index is 0. The Labute approximate surface area is 333 Å². The number of nitrogens with one attached hydrogen (secondary N) is 3. The summed E-state index contributed by atoms with van der Waals surface area (Å²) in [6.07, 6.45) is 7.32. The van der Waals surface area contributed by atoms with Crippen LogP contribution in [0.3, 0.4) is 0 Å². The first-order chi connectivity index (χ1) is 11.3. The second kappa shape index (κ2) is 35.4. The second-order valence-electron chi connectivity index (χ2n) is 7.19. The van der Waals surface area contributed by atoms with Gasteiger partial charge in [-0.3, -0.25) is 0 Å². The zero-order chi connectivity index (χ0) is 16.8. The molecule has 3 rings (SSSR count). The molecule has 0 atom stereocenters. The molecule has 4 nitrogen and oxygen atoms in total. The van der Waals surface area contributed by atoms with Gasteiger partial charge in [-0.1, -0.05) is 22.3 Å². The van der Waals surface area contributed by atoms with Crippen LogP contribution in [-0.4, -0.2) is 72.1 Å². The normalized spacial score (nSPS) is 18.7. The van der Waals surface area contributed by atoms with Gasteiger partial charge in [-0.15, -0.1) is 0 Å². The summed E-state index contributed by atoms with van der Waals surface area (Å²) in [7, 11) is 0. The zero-order valence-electron chi connectivity index (χ0n) is 19.2. The second-order valence-corrected chi connectivity index (χ2v) is 7.19. The van der Waals surface area contributed by atoms with Crippen molar-refractivity contribution in [3.05, 3.63) is 0 Å². The van der Waals surface area contributed by atoms with Crippen molar-refractivity contribution in [2.45, 2.75) is 75.2 Å². The summed E-state index contributed by atoms with van der Waals surface area (Å²) in [5.74, 6) is 0. The molecule has 0 radical (unpaired) electrons. The molecule has 0 aromatic carbocycles. The van der Waals surface area contributed by atoms with Crippen molar-refractivity contribution in [1.29, 1.82) is 0 Å². The average molecular weight is 635 g/mol. The molecule has 0 saturated carbocycles. The summed E-state index contributed by atoms with van der Waals surface area (Å²) < 4.78 is 5.18. The predicted octanol–water partition coefficient (Wildman–Crippen LogP) is -8.40. The first-order valence-electron chi connectivity index (χ1n) is 10.4. The van der Waals surface area contributed by atoms with Crippen LogP contribution in [0.1, 0.15) is 75.2 Å². The Morgan fingerprint density at radius 3 is 1.00 bits per heavy atom. The van der Waals surface area contributed by atoms with Crippen LogP contribution in [0, 0.1) is 0 Å². The van der Waals surface area contributed by atoms with Gasteiger partial charge in [-0.05, 0) is 40.0 Å². The van der Waals surface area contributed by atoms with Gasteiger partial charge in [0.05, 0.1) is 59.0 Å². The molecule has 0 spiro atoms. The third-order valence-electron chi connectivity index (χ3n) is 5.57. The maximum atomic E-state index is 5.18. The largest absolute Gasteiger partial charge is 1.00 e. The van der Waals surface area contributed by atoms with Crippen LogP contribution in [-0.2, 0) is 4.74 Å². The molecule has 3 aliphatic heterocycles. The molecule has 0 unspecified atom stereocenters. The van der Waals surface area contributed by atoms with Gasteiger partial charge in [0.1, 0.15) is 13.1 Å². The van der Waals surface area contributed by atoms with Crippen LogP contribution in [0.2, 0.25) is 0 Å². The van der Waals surface area contributed by atoms with Crippen LogP contribution in [0.15, 0.2) is 0 Å². The van der Waals surface area contributed by atoms with E-state index in [-0.39, 0.29) is 197 Å². The van der Waals surface area contributed by atoms with E-state index in [1.165, 1.54) is 91.0 Å². The SMILES string of the molecule is C.C.C.CC[NH+]1CCCC1.CC[NH+]1CCCCC1.CC[NH+]1CCOCC1.[Rb+].[Rb+].[Rb+]. The standard InChI is InChI=1S/C7H15N.C6H13NO.C6H13N.3CH4.3Rb/c1-2-8-6-4-3-5-7-8;1-2-7-3-5-8-6-4-7;1-2-7-5-3-4-6-7;;;;;;/h2-7H2,1H3;2-6H2,1H3;2-6H2,1H3;3*1H4;;;/q;;;;;;3*+1/p+3. The van der Waals surface area contributed by atoms with Crippen molar-refractivity contribution in [1.82, 2.24) is 0 Å². The molecule has 7 heteroatoms. The van der Waals surface area contributed by atoms with Gasteiger partial charge in [-0.2, -0.15) is 0 Å². The summed E-state index contributed by atoms with van der Waals surface area (Å²) in [5.41, 5.74) is 0. The molecule has 3 fully saturated rings. The molecule has 3 saturated heterocycles. The van der Waals surface area contributed by atoms with Gasteiger partial charge in [0.15, 0.2) is 0 Å². The molecule has 29 heavy (non-hydrogen) atoms. The van der Waals surface area contributed by atoms with E-state index >= 15 is 0 Å². The molecule has 0 aliphatic carbocycles. The van der Waals surface area contributed by atoms with Crippen molar-refractivity contribution < 1.29 is 194 Å². The summed E-state index contributed by atoms with van der Waals surface area (Å²) in [6.45, 7) is 20.7. The van der Waals surface area contributed by atoms with Gasteiger partial charge >= 0.3 is 175 Å². The Hall–Kier alpha value is 5.26. The van der Waals surface area contributed by atoms with Gasteiger partial charge in [0.25, 0.3) is 0 Å². The minimum Gasteiger partial charge on any atom is -0.370 e. The first-order valence-corrected chi connectivity index (χ1v) is 10.4. The fourth-order valence-corrected chi connectivity index (χ4v) is 3.65. The molecule has 3 aliphatic rings. The number of quaternary nitrogens is 3. The number of likely N-dealkylation sites (tertiary alicyclic amines) is 2. The fourth-order valence-electron chi connectivity index (χ4n) is 3.65. The Morgan fingerprint density at radius 2 is 0.759 bits per heavy atom. The van der Waals surface area contributed by atoms with E-state index in [1.807, 2.05) is 0 Å². The maximum Gasteiger partial charge on any atom is 1.00 e. The number of hydrogen-bond donors (Lipinski definition) is 3. The number of rotatable bonds is 3. The molecule has 3 heterocycles. The van der Waals surface area contributed by atoms with E-state index in [4.69, 9.17) is 4.74 Å². The molecule has 3 N–H and O–H groups in total. The predicted molar refractivity (Wildman–Crippen MR) is 118 cm³/mol. The quantitative estimate of drug-likeness (QED) is 0.282. The van der Waals surface area contributed by atoms with E-state index in [0.29, 0.717) is 0 Å². The van der Waals surface area contributed by atoms with Gasteiger partial charge < -0.3 is 19.4 Å². The maximum absolute atomic E-state index is 5.18. The number of hydrogen-bond acceptors (Lipinski definition) is 1. The summed E-state index contributed by atoms with van der Waals surface area (Å²) >= 11 is 0. The number of piperidine rings is 1. The van der Waals surface area contributed by atoms with Crippen molar-refractivity contribution in [3.8, 4) is 0 Å². The molecule has 162 valence electrons. The topological polar surface area (TPSA) is 22.6 Å². The Bertz CT molecular complexity index is 242. The van der Waals surface area contributed by atoms with Crippen molar-refractivity contribution in [3.63, 3.8) is 0 Å². The van der Waals surface area contributed by atoms with Crippen molar-refractivity contribution in [2.24, 2.45) is 0 Å². The molecule has 0 aromatic heterocycles. The van der Waals surface area contributed by atoms with E-state index in [0.717, 1.165) is 13.2 Å². The third-order valence-corrected chi connectivity index (χ3v) is 5.57. The van der Waals surface area contributed by atoms with Crippen molar-refractivity contribution in [2.75, 3.05) is 72.1 Å². The minimum atomic E-state index is 0. The molecule has 0 amide bonds. The van der Waals surface area contributed by atoms with Crippen molar-refractivity contribution >= 4 is 0 Å². The number of morpholine rings is 1. The van der Waals surface area contributed by atoms with E-state index in [2.05, 4.69) is 20.8 Å². The van der Waals surface area contributed by atoms with Gasteiger partial charge in [-0.25, -0.2) is 0 Å². The summed E-state index contributed by atoms with van der Waals surface area (Å²) in [6, 6.07) is 0. The smallest absolute Gasteiger partial charge is 0.370 e. The van der Waals surface area contributed by atoms with Crippen LogP contribution in [0.5, 0.6) is 0 Å². The monoisotopic (exact) mass is 633 g/mol. The van der Waals surface area contributed by atoms with E-state index in [1.54, 1.807) is 14.7 Å². The van der Waals surface area contributed by atoms with Crippen LogP contribution in [0.4, 0.5) is 0 Å². The van der Waals surface area contributed by atoms with Crippen LogP contribution >= 0.6 is 0 Å². The van der Waals surface area contributed by atoms with Crippen LogP contribution in [0.25, 0.3) is 0 Å². The zero-order valence-corrected chi connectivity index (χ0v) is 34.0. The summed E-state index contributed by atoms with van der Waals surface area (Å²) in [4.78, 5) is 5.27.